The zero-order valence-electron chi connectivity index (χ0n) is 11.3. The Hall–Kier alpha value is -1.68. The number of halogens is 1. The molecule has 2 aromatic heterocycles. The first-order valence-corrected chi connectivity index (χ1v) is 6.51. The number of hydrogen-bond acceptors (Lipinski definition) is 4. The van der Waals surface area contributed by atoms with Crippen LogP contribution in [-0.2, 0) is 12.0 Å². The Morgan fingerprint density at radius 3 is 2.47 bits per heavy atom. The van der Waals surface area contributed by atoms with E-state index in [1.807, 2.05) is 12.1 Å². The molecule has 0 saturated heterocycles. The highest BCUT2D eigenvalue weighted by atomic mass is 35.5. The maximum Gasteiger partial charge on any atom is 0.137 e. The van der Waals surface area contributed by atoms with E-state index < -0.39 is 0 Å². The fourth-order valence-corrected chi connectivity index (χ4v) is 1.72. The molecule has 100 valence electrons. The fourth-order valence-electron chi connectivity index (χ4n) is 1.54. The van der Waals surface area contributed by atoms with Crippen molar-refractivity contribution in [2.45, 2.75) is 32.7 Å². The van der Waals surface area contributed by atoms with E-state index in [1.165, 1.54) is 0 Å². The molecular formula is C14H17ClN4. The lowest BCUT2D eigenvalue weighted by molar-refractivity contribution is 0.546. The van der Waals surface area contributed by atoms with E-state index >= 15 is 0 Å². The van der Waals surface area contributed by atoms with E-state index in [4.69, 9.17) is 11.6 Å². The van der Waals surface area contributed by atoms with Gasteiger partial charge in [0.25, 0.3) is 0 Å². The van der Waals surface area contributed by atoms with Gasteiger partial charge in [-0.25, -0.2) is 9.97 Å². The van der Waals surface area contributed by atoms with Crippen molar-refractivity contribution in [3.63, 3.8) is 0 Å². The smallest absolute Gasteiger partial charge is 0.137 e. The molecule has 0 aliphatic carbocycles. The van der Waals surface area contributed by atoms with Gasteiger partial charge in [-0.1, -0.05) is 32.4 Å². The van der Waals surface area contributed by atoms with Crippen LogP contribution in [0.2, 0.25) is 5.15 Å². The predicted octanol–water partition coefficient (Wildman–Crippen LogP) is 3.43. The lowest BCUT2D eigenvalue weighted by atomic mass is 9.96. The number of anilines is 1. The first kappa shape index (κ1) is 13.7. The van der Waals surface area contributed by atoms with Gasteiger partial charge in [-0.2, -0.15) is 0 Å². The largest absolute Gasteiger partial charge is 0.366 e. The van der Waals surface area contributed by atoms with Crippen LogP contribution in [0.5, 0.6) is 0 Å². The molecule has 0 saturated carbocycles. The Kier molecular flexibility index (Phi) is 4.00. The van der Waals surface area contributed by atoms with Crippen molar-refractivity contribution >= 4 is 17.4 Å². The van der Waals surface area contributed by atoms with Crippen LogP contribution < -0.4 is 5.32 Å². The molecule has 0 fully saturated rings. The molecule has 0 aliphatic rings. The third kappa shape index (κ3) is 3.89. The molecule has 0 bridgehead atoms. The zero-order chi connectivity index (χ0) is 13.9. The Morgan fingerprint density at radius 1 is 1.16 bits per heavy atom. The van der Waals surface area contributed by atoms with Crippen LogP contribution in [0.25, 0.3) is 0 Å². The van der Waals surface area contributed by atoms with Gasteiger partial charge in [0.15, 0.2) is 0 Å². The van der Waals surface area contributed by atoms with Gasteiger partial charge in [0.1, 0.15) is 16.8 Å². The van der Waals surface area contributed by atoms with E-state index in [-0.39, 0.29) is 5.41 Å². The molecule has 0 aromatic carbocycles. The van der Waals surface area contributed by atoms with Crippen LogP contribution in [0, 0.1) is 0 Å². The molecule has 1 N–H and O–H groups in total. The van der Waals surface area contributed by atoms with Crippen LogP contribution in [0.3, 0.4) is 0 Å². The zero-order valence-corrected chi connectivity index (χ0v) is 12.1. The number of pyridine rings is 1. The number of hydrogen-bond donors (Lipinski definition) is 1. The molecule has 4 nitrogen and oxygen atoms in total. The lowest BCUT2D eigenvalue weighted by Crippen LogP contribution is -2.17. The van der Waals surface area contributed by atoms with Crippen LogP contribution in [0.1, 0.15) is 32.2 Å². The summed E-state index contributed by atoms with van der Waals surface area (Å²) in [6.45, 7) is 6.86. The first-order chi connectivity index (χ1) is 8.95. The molecule has 0 radical (unpaired) electrons. The van der Waals surface area contributed by atoms with E-state index in [2.05, 4.69) is 41.0 Å². The van der Waals surface area contributed by atoms with Gasteiger partial charge in [0.2, 0.25) is 0 Å². The molecular weight excluding hydrogens is 260 g/mol. The summed E-state index contributed by atoms with van der Waals surface area (Å²) in [5.41, 5.74) is 1.01. The van der Waals surface area contributed by atoms with Crippen molar-refractivity contribution in [3.05, 3.63) is 47.1 Å². The van der Waals surface area contributed by atoms with Crippen molar-refractivity contribution in [1.29, 1.82) is 0 Å². The highest BCUT2D eigenvalue weighted by Crippen LogP contribution is 2.22. The van der Waals surface area contributed by atoms with Crippen LogP contribution in [0.4, 0.5) is 5.82 Å². The normalized spacial score (nSPS) is 11.4. The van der Waals surface area contributed by atoms with Crippen molar-refractivity contribution in [2.75, 3.05) is 5.32 Å². The summed E-state index contributed by atoms with van der Waals surface area (Å²) >= 11 is 6.04. The monoisotopic (exact) mass is 276 g/mol. The van der Waals surface area contributed by atoms with Gasteiger partial charge < -0.3 is 5.32 Å². The number of nitrogens with one attached hydrogen (secondary N) is 1. The van der Waals surface area contributed by atoms with Gasteiger partial charge in [-0.05, 0) is 17.7 Å². The highest BCUT2D eigenvalue weighted by molar-refractivity contribution is 6.29. The Morgan fingerprint density at radius 2 is 1.84 bits per heavy atom. The summed E-state index contributed by atoms with van der Waals surface area (Å²) in [6, 6.07) is 5.65. The van der Waals surface area contributed by atoms with Crippen molar-refractivity contribution in [3.8, 4) is 0 Å². The summed E-state index contributed by atoms with van der Waals surface area (Å²) in [6.07, 6.45) is 3.54. The third-order valence-electron chi connectivity index (χ3n) is 2.59. The van der Waals surface area contributed by atoms with Crippen LogP contribution in [0.15, 0.2) is 30.6 Å². The molecule has 0 atom stereocenters. The van der Waals surface area contributed by atoms with E-state index in [0.29, 0.717) is 11.7 Å². The minimum absolute atomic E-state index is 0.127. The SMILES string of the molecule is CC(C)(C)c1nc(Cl)cc(NCc2ccncc2)n1. The Labute approximate surface area is 118 Å². The molecule has 0 aliphatic heterocycles. The summed E-state index contributed by atoms with van der Waals surface area (Å²) in [5, 5.41) is 3.71. The quantitative estimate of drug-likeness (QED) is 0.873. The average Bonchev–Trinajstić information content (AvgIpc) is 2.36. The minimum atomic E-state index is -0.127. The number of nitrogens with zero attached hydrogens (tertiary/aromatic N) is 3. The average molecular weight is 277 g/mol. The van der Waals surface area contributed by atoms with Crippen LogP contribution in [-0.4, -0.2) is 15.0 Å². The summed E-state index contributed by atoms with van der Waals surface area (Å²) in [7, 11) is 0. The molecule has 5 heteroatoms. The summed E-state index contributed by atoms with van der Waals surface area (Å²) in [5.74, 6) is 1.47. The van der Waals surface area contributed by atoms with Crippen molar-refractivity contribution in [1.82, 2.24) is 15.0 Å². The second-order valence-electron chi connectivity index (χ2n) is 5.36. The van der Waals surface area contributed by atoms with Crippen molar-refractivity contribution in [2.24, 2.45) is 0 Å². The predicted molar refractivity (Wildman–Crippen MR) is 77.3 cm³/mol. The van der Waals surface area contributed by atoms with E-state index in [9.17, 15) is 0 Å². The van der Waals surface area contributed by atoms with E-state index in [0.717, 1.165) is 17.2 Å². The molecule has 0 amide bonds. The number of aromatic nitrogens is 3. The lowest BCUT2D eigenvalue weighted by Gasteiger charge is -2.17. The van der Waals surface area contributed by atoms with Crippen LogP contribution >= 0.6 is 11.6 Å². The third-order valence-corrected chi connectivity index (χ3v) is 2.78. The maximum absolute atomic E-state index is 6.04. The Bertz CT molecular complexity index is 549. The second-order valence-corrected chi connectivity index (χ2v) is 5.75. The van der Waals surface area contributed by atoms with Gasteiger partial charge in [0.05, 0.1) is 0 Å². The standard InChI is InChI=1S/C14H17ClN4/c1-14(2,3)13-18-11(15)8-12(19-13)17-9-10-4-6-16-7-5-10/h4-8H,9H2,1-3H3,(H,17,18,19). The minimum Gasteiger partial charge on any atom is -0.366 e. The van der Waals surface area contributed by atoms with Gasteiger partial charge in [-0.3, -0.25) is 4.98 Å². The molecule has 19 heavy (non-hydrogen) atoms. The molecule has 2 heterocycles. The first-order valence-electron chi connectivity index (χ1n) is 6.13. The Balaban J connectivity index is 2.15. The van der Waals surface area contributed by atoms with Gasteiger partial charge in [-0.15, -0.1) is 0 Å². The highest BCUT2D eigenvalue weighted by Gasteiger charge is 2.18. The van der Waals surface area contributed by atoms with E-state index in [1.54, 1.807) is 18.5 Å². The topological polar surface area (TPSA) is 50.7 Å². The molecule has 0 spiro atoms. The summed E-state index contributed by atoms with van der Waals surface area (Å²) in [4.78, 5) is 12.7. The second kappa shape index (κ2) is 5.53. The molecule has 2 rings (SSSR count). The van der Waals surface area contributed by atoms with Crippen molar-refractivity contribution < 1.29 is 0 Å². The number of rotatable bonds is 3. The van der Waals surface area contributed by atoms with Gasteiger partial charge >= 0.3 is 0 Å². The maximum atomic E-state index is 6.04. The summed E-state index contributed by atoms with van der Waals surface area (Å²) < 4.78 is 0. The molecule has 0 unspecified atom stereocenters. The fraction of sp³-hybridized carbons (Fsp3) is 0.357. The molecule has 2 aromatic rings. The van der Waals surface area contributed by atoms with Gasteiger partial charge in [0, 0.05) is 30.4 Å².